The lowest BCUT2D eigenvalue weighted by atomic mass is 10.1. The fourth-order valence-corrected chi connectivity index (χ4v) is 1.76. The van der Waals surface area contributed by atoms with Crippen molar-refractivity contribution in [2.45, 2.75) is 13.5 Å². The molecule has 1 heterocycles. The summed E-state index contributed by atoms with van der Waals surface area (Å²) >= 11 is 4.92. The van der Waals surface area contributed by atoms with Crippen LogP contribution in [0.3, 0.4) is 0 Å². The van der Waals surface area contributed by atoms with Gasteiger partial charge in [0.2, 0.25) is 0 Å². The van der Waals surface area contributed by atoms with Crippen LogP contribution in [-0.2, 0) is 6.54 Å². The average Bonchev–Trinajstić information content (AvgIpc) is 2.33. The van der Waals surface area contributed by atoms with Crippen LogP contribution in [0, 0.1) is 6.92 Å². The van der Waals surface area contributed by atoms with Gasteiger partial charge in [-0.25, -0.2) is 4.57 Å². The van der Waals surface area contributed by atoms with Gasteiger partial charge < -0.3 is 18.1 Å². The van der Waals surface area contributed by atoms with E-state index >= 15 is 0 Å². The number of aryl methyl sites for hydroxylation is 1. The quantitative estimate of drug-likeness (QED) is 0.575. The van der Waals surface area contributed by atoms with Crippen LogP contribution in [-0.4, -0.2) is 4.99 Å². The minimum Gasteiger partial charge on any atom is -1.00 e. The zero-order chi connectivity index (χ0) is 12.3. The fourth-order valence-electron chi connectivity index (χ4n) is 1.62. The van der Waals surface area contributed by atoms with E-state index in [4.69, 9.17) is 18.0 Å². The van der Waals surface area contributed by atoms with Gasteiger partial charge in [-0.3, -0.25) is 0 Å². The Balaban J connectivity index is 0.00000162. The topological polar surface area (TPSA) is 29.9 Å². The molecular formula is C14H15ClN2S. The summed E-state index contributed by atoms with van der Waals surface area (Å²) in [6, 6.07) is 12.2. The van der Waals surface area contributed by atoms with E-state index in [1.807, 2.05) is 12.1 Å². The highest BCUT2D eigenvalue weighted by Gasteiger charge is 2.02. The van der Waals surface area contributed by atoms with Crippen LogP contribution < -0.4 is 22.7 Å². The molecule has 2 N–H and O–H groups in total. The molecule has 0 atom stereocenters. The number of halogens is 1. The molecule has 2 aromatic rings. The number of benzene rings is 1. The average molecular weight is 279 g/mol. The number of rotatable bonds is 3. The van der Waals surface area contributed by atoms with Gasteiger partial charge >= 0.3 is 0 Å². The summed E-state index contributed by atoms with van der Waals surface area (Å²) in [6.45, 7) is 2.94. The highest BCUT2D eigenvalue weighted by atomic mass is 35.5. The minimum absolute atomic E-state index is 0. The number of nitrogens with zero attached hydrogens (tertiary/aromatic N) is 1. The van der Waals surface area contributed by atoms with E-state index in [1.165, 1.54) is 11.1 Å². The number of aromatic nitrogens is 1. The second kappa shape index (κ2) is 6.47. The molecule has 0 amide bonds. The summed E-state index contributed by atoms with van der Waals surface area (Å²) in [7, 11) is 0. The lowest BCUT2D eigenvalue weighted by Crippen LogP contribution is -3.00. The van der Waals surface area contributed by atoms with Crippen LogP contribution in [0.15, 0.2) is 48.8 Å². The summed E-state index contributed by atoms with van der Waals surface area (Å²) < 4.78 is 2.14. The van der Waals surface area contributed by atoms with Crippen molar-refractivity contribution in [1.29, 1.82) is 0 Å². The lowest BCUT2D eigenvalue weighted by Gasteiger charge is -2.01. The first-order chi connectivity index (χ1) is 8.15. The molecule has 18 heavy (non-hydrogen) atoms. The maximum Gasteiger partial charge on any atom is 0.173 e. The lowest BCUT2D eigenvalue weighted by molar-refractivity contribution is -0.688. The van der Waals surface area contributed by atoms with Crippen LogP contribution >= 0.6 is 12.2 Å². The third-order valence-corrected chi connectivity index (χ3v) is 2.90. The molecule has 0 aliphatic rings. The van der Waals surface area contributed by atoms with Crippen molar-refractivity contribution in [3.63, 3.8) is 0 Å². The summed E-state index contributed by atoms with van der Waals surface area (Å²) in [5.74, 6) is 0. The van der Waals surface area contributed by atoms with Crippen LogP contribution in [0.4, 0.5) is 0 Å². The smallest absolute Gasteiger partial charge is 0.173 e. The number of thiocarbonyl (C=S) groups is 1. The Morgan fingerprint density at radius 3 is 2.17 bits per heavy atom. The van der Waals surface area contributed by atoms with Gasteiger partial charge in [0.25, 0.3) is 0 Å². The van der Waals surface area contributed by atoms with Gasteiger partial charge in [-0.2, -0.15) is 0 Å². The van der Waals surface area contributed by atoms with E-state index in [0.29, 0.717) is 4.99 Å². The first-order valence-corrected chi connectivity index (χ1v) is 5.90. The molecule has 2 nitrogen and oxygen atoms in total. The highest BCUT2D eigenvalue weighted by Crippen LogP contribution is 2.04. The van der Waals surface area contributed by atoms with Crippen molar-refractivity contribution in [3.8, 4) is 0 Å². The molecular weight excluding hydrogens is 264 g/mol. The normalized spacial score (nSPS) is 9.61. The molecule has 0 saturated carbocycles. The van der Waals surface area contributed by atoms with Crippen LogP contribution in [0.1, 0.15) is 16.7 Å². The first kappa shape index (κ1) is 14.6. The van der Waals surface area contributed by atoms with Crippen molar-refractivity contribution in [2.24, 2.45) is 5.73 Å². The van der Waals surface area contributed by atoms with Crippen molar-refractivity contribution in [1.82, 2.24) is 0 Å². The number of hydrogen-bond acceptors (Lipinski definition) is 1. The van der Waals surface area contributed by atoms with Crippen molar-refractivity contribution >= 4 is 17.2 Å². The third-order valence-electron chi connectivity index (χ3n) is 2.66. The largest absolute Gasteiger partial charge is 1.00 e. The molecule has 2 rings (SSSR count). The van der Waals surface area contributed by atoms with E-state index in [2.05, 4.69) is 48.1 Å². The molecule has 0 saturated heterocycles. The summed E-state index contributed by atoms with van der Waals surface area (Å²) in [5, 5.41) is 0. The highest BCUT2D eigenvalue weighted by molar-refractivity contribution is 7.80. The maximum absolute atomic E-state index is 5.56. The Bertz CT molecular complexity index is 520. The van der Waals surface area contributed by atoms with Crippen LogP contribution in [0.5, 0.6) is 0 Å². The molecule has 0 bridgehead atoms. The van der Waals surface area contributed by atoms with Crippen LogP contribution in [0.2, 0.25) is 0 Å². The monoisotopic (exact) mass is 278 g/mol. The van der Waals surface area contributed by atoms with Gasteiger partial charge in [0.05, 0.1) is 0 Å². The summed E-state index contributed by atoms with van der Waals surface area (Å²) in [5.41, 5.74) is 8.98. The summed E-state index contributed by atoms with van der Waals surface area (Å²) in [6.07, 6.45) is 4.16. The Morgan fingerprint density at radius 1 is 1.11 bits per heavy atom. The molecule has 0 aliphatic carbocycles. The Kier molecular flexibility index (Phi) is 5.25. The zero-order valence-corrected chi connectivity index (χ0v) is 11.7. The molecule has 94 valence electrons. The maximum atomic E-state index is 5.56. The number of hydrogen-bond donors (Lipinski definition) is 1. The third kappa shape index (κ3) is 3.79. The zero-order valence-electron chi connectivity index (χ0n) is 10.1. The van der Waals surface area contributed by atoms with Crippen LogP contribution in [0.25, 0.3) is 0 Å². The van der Waals surface area contributed by atoms with Gasteiger partial charge in [-0.15, -0.1) is 0 Å². The van der Waals surface area contributed by atoms with Gasteiger partial charge in [0.15, 0.2) is 18.9 Å². The predicted octanol–water partition coefficient (Wildman–Crippen LogP) is -1.03. The van der Waals surface area contributed by atoms with E-state index < -0.39 is 0 Å². The minimum atomic E-state index is 0. The molecule has 1 aromatic carbocycles. The van der Waals surface area contributed by atoms with Gasteiger partial charge in [0.1, 0.15) is 4.99 Å². The molecule has 0 unspecified atom stereocenters. The fraction of sp³-hybridized carbons (Fsp3) is 0.143. The summed E-state index contributed by atoms with van der Waals surface area (Å²) in [4.78, 5) is 0.444. The van der Waals surface area contributed by atoms with Crippen molar-refractivity contribution in [3.05, 3.63) is 65.5 Å². The van der Waals surface area contributed by atoms with E-state index in [0.717, 1.165) is 12.1 Å². The van der Waals surface area contributed by atoms with Crippen molar-refractivity contribution in [2.75, 3.05) is 0 Å². The molecule has 0 fully saturated rings. The molecule has 0 aliphatic heterocycles. The van der Waals surface area contributed by atoms with Gasteiger partial charge in [-0.1, -0.05) is 36.5 Å². The molecule has 1 aromatic heterocycles. The number of nitrogens with two attached hydrogens (primary N) is 1. The standard InChI is InChI=1S/C14H14N2S.ClH/c1-11-6-8-16(9-7-11)10-12-2-4-13(5-3-12)14(15)17;/h2-9H,10H2,1H3,(H-,15,17);1H. The van der Waals surface area contributed by atoms with E-state index in [1.54, 1.807) is 0 Å². The van der Waals surface area contributed by atoms with Gasteiger partial charge in [-0.05, 0) is 12.5 Å². The number of pyridine rings is 1. The Morgan fingerprint density at radius 2 is 1.67 bits per heavy atom. The molecule has 0 spiro atoms. The second-order valence-corrected chi connectivity index (χ2v) is 4.55. The Labute approximate surface area is 119 Å². The Hall–Kier alpha value is -1.45. The SMILES string of the molecule is Cc1cc[n+](Cc2ccc(C(N)=S)cc2)cc1.[Cl-]. The van der Waals surface area contributed by atoms with Gasteiger partial charge in [0, 0.05) is 23.3 Å². The molecule has 4 heteroatoms. The predicted molar refractivity (Wildman–Crippen MR) is 72.8 cm³/mol. The van der Waals surface area contributed by atoms with E-state index in [9.17, 15) is 0 Å². The second-order valence-electron chi connectivity index (χ2n) is 4.11. The van der Waals surface area contributed by atoms with E-state index in [-0.39, 0.29) is 12.4 Å². The first-order valence-electron chi connectivity index (χ1n) is 5.49. The van der Waals surface area contributed by atoms with Crippen molar-refractivity contribution < 1.29 is 17.0 Å². The molecule has 0 radical (unpaired) electrons.